The van der Waals surface area contributed by atoms with Gasteiger partial charge in [-0.15, -0.1) is 0 Å². The summed E-state index contributed by atoms with van der Waals surface area (Å²) in [6.07, 6.45) is 0. The molecule has 3 aromatic rings. The zero-order valence-electron chi connectivity index (χ0n) is 10.4. The molecule has 1 N–H and O–H groups in total. The third-order valence-corrected chi connectivity index (χ3v) is 3.79. The zero-order valence-corrected chi connectivity index (χ0v) is 12.8. The molecular formula is C14H9BrF2N2S. The molecule has 0 atom stereocenters. The largest absolute Gasteiger partial charge is 0.330 e. The monoisotopic (exact) mass is 354 g/mol. The molecule has 0 bridgehead atoms. The molecule has 0 fully saturated rings. The van der Waals surface area contributed by atoms with Crippen molar-refractivity contribution in [2.45, 2.75) is 6.92 Å². The Morgan fingerprint density at radius 1 is 1.15 bits per heavy atom. The second kappa shape index (κ2) is 4.79. The average molecular weight is 355 g/mol. The number of aromatic amines is 1. The van der Waals surface area contributed by atoms with Gasteiger partial charge < -0.3 is 4.98 Å². The predicted molar refractivity (Wildman–Crippen MR) is 80.8 cm³/mol. The number of fused-ring (bicyclic) bond motifs is 1. The summed E-state index contributed by atoms with van der Waals surface area (Å²) in [5.74, 6) is -1.34. The topological polar surface area (TPSA) is 20.7 Å². The van der Waals surface area contributed by atoms with E-state index in [0.29, 0.717) is 9.99 Å². The molecule has 1 heterocycles. The lowest BCUT2D eigenvalue weighted by atomic mass is 10.2. The van der Waals surface area contributed by atoms with Crippen LogP contribution in [0.4, 0.5) is 8.78 Å². The van der Waals surface area contributed by atoms with Crippen LogP contribution >= 0.6 is 28.1 Å². The molecule has 20 heavy (non-hydrogen) atoms. The van der Waals surface area contributed by atoms with Crippen molar-refractivity contribution in [3.05, 3.63) is 56.8 Å². The molecule has 1 aromatic heterocycles. The first-order valence-electron chi connectivity index (χ1n) is 5.83. The first-order valence-corrected chi connectivity index (χ1v) is 7.04. The Kier molecular flexibility index (Phi) is 3.22. The highest BCUT2D eigenvalue weighted by Gasteiger charge is 2.16. The second-order valence-electron chi connectivity index (χ2n) is 4.50. The van der Waals surface area contributed by atoms with Gasteiger partial charge in [-0.3, -0.25) is 4.57 Å². The van der Waals surface area contributed by atoms with Gasteiger partial charge in [-0.1, -0.05) is 22.0 Å². The fourth-order valence-electron chi connectivity index (χ4n) is 2.20. The van der Waals surface area contributed by atoms with Gasteiger partial charge in [0.1, 0.15) is 5.69 Å². The number of nitrogens with one attached hydrogen (secondary N) is 1. The highest BCUT2D eigenvalue weighted by Crippen LogP contribution is 2.27. The number of aryl methyl sites for hydroxylation is 1. The number of hydrogen-bond acceptors (Lipinski definition) is 1. The number of imidazole rings is 1. The molecule has 0 unspecified atom stereocenters. The normalized spacial score (nSPS) is 11.2. The smallest absolute Gasteiger partial charge is 0.182 e. The van der Waals surface area contributed by atoms with Crippen LogP contribution in [0.1, 0.15) is 5.56 Å². The Morgan fingerprint density at radius 2 is 1.80 bits per heavy atom. The fourth-order valence-corrected chi connectivity index (χ4v) is 2.90. The number of halogens is 3. The van der Waals surface area contributed by atoms with E-state index >= 15 is 0 Å². The molecule has 0 radical (unpaired) electrons. The summed E-state index contributed by atoms with van der Waals surface area (Å²) >= 11 is 8.26. The quantitative estimate of drug-likeness (QED) is 0.607. The Balaban J connectivity index is 2.41. The molecule has 0 aliphatic rings. The molecule has 0 aliphatic heterocycles. The highest BCUT2D eigenvalue weighted by atomic mass is 79.9. The number of H-pyrrole nitrogens is 1. The van der Waals surface area contributed by atoms with Crippen LogP contribution in [0.5, 0.6) is 0 Å². The maximum absolute atomic E-state index is 14.1. The lowest BCUT2D eigenvalue weighted by Gasteiger charge is -2.08. The van der Waals surface area contributed by atoms with Gasteiger partial charge in [0.25, 0.3) is 0 Å². The van der Waals surface area contributed by atoms with E-state index in [2.05, 4.69) is 20.9 Å². The Labute approximate surface area is 127 Å². The molecule has 6 heteroatoms. The van der Waals surface area contributed by atoms with Gasteiger partial charge in [0.15, 0.2) is 16.4 Å². The Morgan fingerprint density at radius 3 is 2.45 bits per heavy atom. The molecular weight excluding hydrogens is 346 g/mol. The molecule has 0 aliphatic carbocycles. The molecule has 0 amide bonds. The minimum absolute atomic E-state index is 0.173. The van der Waals surface area contributed by atoms with Gasteiger partial charge in [0, 0.05) is 4.47 Å². The van der Waals surface area contributed by atoms with E-state index in [9.17, 15) is 8.78 Å². The van der Waals surface area contributed by atoms with Crippen LogP contribution in [0.3, 0.4) is 0 Å². The first kappa shape index (κ1) is 13.5. The summed E-state index contributed by atoms with van der Waals surface area (Å²) in [7, 11) is 0. The Bertz CT molecular complexity index is 859. The van der Waals surface area contributed by atoms with Crippen LogP contribution in [0.15, 0.2) is 34.8 Å². The van der Waals surface area contributed by atoms with Gasteiger partial charge in [-0.05, 0) is 49.0 Å². The summed E-state index contributed by atoms with van der Waals surface area (Å²) in [5.41, 5.74) is 2.25. The van der Waals surface area contributed by atoms with Crippen molar-refractivity contribution >= 4 is 39.2 Å². The van der Waals surface area contributed by atoms with Gasteiger partial charge in [-0.2, -0.15) is 0 Å². The van der Waals surface area contributed by atoms with Crippen LogP contribution < -0.4 is 0 Å². The first-order chi connectivity index (χ1) is 9.47. The third-order valence-electron chi connectivity index (χ3n) is 3.04. The summed E-state index contributed by atoms with van der Waals surface area (Å²) < 4.78 is 30.2. The number of rotatable bonds is 1. The van der Waals surface area contributed by atoms with Crippen molar-refractivity contribution in [1.82, 2.24) is 9.55 Å². The van der Waals surface area contributed by atoms with Crippen LogP contribution in [-0.4, -0.2) is 9.55 Å². The van der Waals surface area contributed by atoms with Crippen LogP contribution in [0, 0.1) is 23.3 Å². The molecule has 102 valence electrons. The van der Waals surface area contributed by atoms with E-state index in [1.807, 2.05) is 19.1 Å². The minimum Gasteiger partial charge on any atom is -0.330 e. The second-order valence-corrected chi connectivity index (χ2v) is 5.81. The number of hydrogen-bond donors (Lipinski definition) is 1. The fraction of sp³-hybridized carbons (Fsp3) is 0.0714. The van der Waals surface area contributed by atoms with Crippen molar-refractivity contribution < 1.29 is 8.78 Å². The zero-order chi connectivity index (χ0) is 14.4. The summed E-state index contributed by atoms with van der Waals surface area (Å²) in [4.78, 5) is 2.97. The van der Waals surface area contributed by atoms with Crippen molar-refractivity contribution in [3.63, 3.8) is 0 Å². The third kappa shape index (κ3) is 2.09. The van der Waals surface area contributed by atoms with Crippen molar-refractivity contribution in [2.75, 3.05) is 0 Å². The number of aromatic nitrogens is 2. The van der Waals surface area contributed by atoms with E-state index in [-0.39, 0.29) is 10.5 Å². The van der Waals surface area contributed by atoms with Gasteiger partial charge in [0.2, 0.25) is 0 Å². The minimum atomic E-state index is -0.672. The van der Waals surface area contributed by atoms with Crippen LogP contribution in [0.2, 0.25) is 0 Å². The van der Waals surface area contributed by atoms with Gasteiger partial charge in [0.05, 0.1) is 11.0 Å². The van der Waals surface area contributed by atoms with Gasteiger partial charge >= 0.3 is 0 Å². The maximum atomic E-state index is 14.1. The molecule has 2 aromatic carbocycles. The van der Waals surface area contributed by atoms with Crippen molar-refractivity contribution in [3.8, 4) is 5.69 Å². The average Bonchev–Trinajstić information content (AvgIpc) is 2.64. The Hall–Kier alpha value is -1.53. The van der Waals surface area contributed by atoms with E-state index in [1.54, 1.807) is 6.07 Å². The summed E-state index contributed by atoms with van der Waals surface area (Å²) in [6, 6.07) is 7.98. The SMILES string of the molecule is Cc1ccc2c(c1)[nH]c(=S)n2-c1c(F)cc(Br)cc1F. The molecule has 2 nitrogen and oxygen atoms in total. The van der Waals surface area contributed by atoms with Crippen molar-refractivity contribution in [1.29, 1.82) is 0 Å². The maximum Gasteiger partial charge on any atom is 0.182 e. The lowest BCUT2D eigenvalue weighted by Crippen LogP contribution is -2.01. The standard InChI is InChI=1S/C14H9BrF2N2S/c1-7-2-3-12-11(4-7)18-14(20)19(12)13-9(16)5-8(15)6-10(13)17/h2-6H,1H3,(H,18,20). The van der Waals surface area contributed by atoms with Crippen LogP contribution in [0.25, 0.3) is 16.7 Å². The molecule has 0 saturated heterocycles. The van der Waals surface area contributed by atoms with E-state index in [4.69, 9.17) is 12.2 Å². The summed E-state index contributed by atoms with van der Waals surface area (Å²) in [5, 5.41) is 0. The van der Waals surface area contributed by atoms with Gasteiger partial charge in [-0.25, -0.2) is 8.78 Å². The molecule has 0 saturated carbocycles. The summed E-state index contributed by atoms with van der Waals surface area (Å²) in [6.45, 7) is 1.94. The van der Waals surface area contributed by atoms with E-state index in [0.717, 1.165) is 11.1 Å². The molecule has 0 spiro atoms. The highest BCUT2D eigenvalue weighted by molar-refractivity contribution is 9.10. The number of benzene rings is 2. The lowest BCUT2D eigenvalue weighted by molar-refractivity contribution is 0.569. The van der Waals surface area contributed by atoms with Crippen molar-refractivity contribution in [2.24, 2.45) is 0 Å². The van der Waals surface area contributed by atoms with E-state index in [1.165, 1.54) is 16.7 Å². The van der Waals surface area contributed by atoms with E-state index < -0.39 is 11.6 Å². The molecule has 3 rings (SSSR count). The number of nitrogens with zero attached hydrogens (tertiary/aromatic N) is 1. The van der Waals surface area contributed by atoms with Crippen LogP contribution in [-0.2, 0) is 0 Å². The predicted octanol–water partition coefficient (Wildman–Crippen LogP) is 5.04.